The van der Waals surface area contributed by atoms with Crippen molar-refractivity contribution in [1.82, 2.24) is 19.4 Å². The highest BCUT2D eigenvalue weighted by Gasteiger charge is 2.26. The van der Waals surface area contributed by atoms with Gasteiger partial charge in [-0.3, -0.25) is 4.79 Å². The van der Waals surface area contributed by atoms with Gasteiger partial charge in [-0.1, -0.05) is 25.1 Å². The third kappa shape index (κ3) is 2.73. The van der Waals surface area contributed by atoms with Gasteiger partial charge < -0.3 is 15.2 Å². The molecule has 4 rings (SSSR count). The number of amides is 1. The second-order valence-electron chi connectivity index (χ2n) is 6.42. The first-order valence-electron chi connectivity index (χ1n) is 8.65. The summed E-state index contributed by atoms with van der Waals surface area (Å²) in [6.45, 7) is 4.11. The van der Waals surface area contributed by atoms with E-state index in [0.29, 0.717) is 13.1 Å². The zero-order valence-corrected chi connectivity index (χ0v) is 14.3. The van der Waals surface area contributed by atoms with E-state index in [-0.39, 0.29) is 11.9 Å². The summed E-state index contributed by atoms with van der Waals surface area (Å²) in [5.41, 5.74) is 9.48. The average molecular weight is 335 g/mol. The highest BCUT2D eigenvalue weighted by Crippen LogP contribution is 2.24. The van der Waals surface area contributed by atoms with Crippen LogP contribution in [0.3, 0.4) is 0 Å². The first kappa shape index (κ1) is 15.6. The minimum atomic E-state index is 0.0486. The fraction of sp³-hybridized carbons (Fsp3) is 0.316. The topological polar surface area (TPSA) is 77.0 Å². The maximum absolute atomic E-state index is 13.2. The number of benzene rings is 1. The lowest BCUT2D eigenvalue weighted by Gasteiger charge is -2.28. The van der Waals surface area contributed by atoms with Crippen molar-refractivity contribution in [2.75, 3.05) is 12.3 Å². The van der Waals surface area contributed by atoms with Crippen LogP contribution in [0.5, 0.6) is 0 Å². The molecule has 0 saturated heterocycles. The summed E-state index contributed by atoms with van der Waals surface area (Å²) in [4.78, 5) is 23.4. The monoisotopic (exact) mass is 335 g/mol. The molecule has 0 aliphatic carbocycles. The van der Waals surface area contributed by atoms with Gasteiger partial charge in [0.05, 0.1) is 12.2 Å². The molecule has 0 unspecified atom stereocenters. The molecule has 1 aliphatic heterocycles. The molecule has 2 aromatic heterocycles. The fourth-order valence-corrected chi connectivity index (χ4v) is 3.51. The number of fused-ring (bicyclic) bond motifs is 2. The Hall–Kier alpha value is -2.89. The fourth-order valence-electron chi connectivity index (χ4n) is 3.51. The van der Waals surface area contributed by atoms with Crippen LogP contribution in [0, 0.1) is 0 Å². The predicted octanol–water partition coefficient (Wildman–Crippen LogP) is 2.62. The summed E-state index contributed by atoms with van der Waals surface area (Å²) < 4.78 is 2.13. The quantitative estimate of drug-likeness (QED) is 0.798. The van der Waals surface area contributed by atoms with Gasteiger partial charge in [-0.2, -0.15) is 0 Å². The third-order valence-corrected chi connectivity index (χ3v) is 4.73. The van der Waals surface area contributed by atoms with Gasteiger partial charge in [0.15, 0.2) is 0 Å². The molecule has 6 nitrogen and oxygen atoms in total. The van der Waals surface area contributed by atoms with E-state index in [9.17, 15) is 4.79 Å². The lowest BCUT2D eigenvalue weighted by Crippen LogP contribution is -2.37. The van der Waals surface area contributed by atoms with Crippen LogP contribution >= 0.6 is 0 Å². The molecule has 0 fully saturated rings. The Balaban J connectivity index is 1.69. The molecule has 0 bridgehead atoms. The molecule has 6 heteroatoms. The van der Waals surface area contributed by atoms with Crippen LogP contribution in [0.25, 0.3) is 10.9 Å². The number of nitrogen functional groups attached to an aromatic ring is 1. The zero-order valence-electron chi connectivity index (χ0n) is 14.3. The molecule has 1 amide bonds. The van der Waals surface area contributed by atoms with Crippen LogP contribution in [0.2, 0.25) is 0 Å². The van der Waals surface area contributed by atoms with E-state index in [1.54, 1.807) is 6.20 Å². The van der Waals surface area contributed by atoms with Crippen LogP contribution in [-0.4, -0.2) is 31.9 Å². The van der Waals surface area contributed by atoms with E-state index >= 15 is 0 Å². The summed E-state index contributed by atoms with van der Waals surface area (Å²) >= 11 is 0. The zero-order chi connectivity index (χ0) is 17.4. The Kier molecular flexibility index (Phi) is 3.87. The summed E-state index contributed by atoms with van der Waals surface area (Å²) in [6, 6.07) is 10.1. The number of rotatable bonds is 3. The number of hydrogen-bond acceptors (Lipinski definition) is 4. The number of carbonyl (C=O) groups excluding carboxylic acids is 1. The molecule has 3 heterocycles. The number of hydrogen-bond donors (Lipinski definition) is 1. The normalized spacial score (nSPS) is 13.9. The first-order chi connectivity index (χ1) is 12.2. The third-order valence-electron chi connectivity index (χ3n) is 4.73. The van der Waals surface area contributed by atoms with Crippen LogP contribution in [-0.2, 0) is 19.5 Å². The van der Waals surface area contributed by atoms with Crippen LogP contribution < -0.4 is 5.73 Å². The average Bonchev–Trinajstić information content (AvgIpc) is 2.99. The summed E-state index contributed by atoms with van der Waals surface area (Å²) in [6.07, 6.45) is 3.51. The van der Waals surface area contributed by atoms with Crippen molar-refractivity contribution < 1.29 is 4.79 Å². The summed E-state index contributed by atoms with van der Waals surface area (Å²) in [7, 11) is 0. The van der Waals surface area contributed by atoms with Gasteiger partial charge in [0, 0.05) is 30.2 Å². The van der Waals surface area contributed by atoms with Crippen LogP contribution in [0.1, 0.15) is 35.1 Å². The van der Waals surface area contributed by atoms with Gasteiger partial charge in [-0.05, 0) is 30.5 Å². The van der Waals surface area contributed by atoms with Crippen molar-refractivity contribution in [3.05, 3.63) is 53.5 Å². The van der Waals surface area contributed by atoms with E-state index in [0.717, 1.165) is 47.2 Å². The lowest BCUT2D eigenvalue weighted by molar-refractivity contribution is 0.0721. The molecule has 128 valence electrons. The molecular weight excluding hydrogens is 314 g/mol. The van der Waals surface area contributed by atoms with Gasteiger partial charge in [-0.25, -0.2) is 9.97 Å². The van der Waals surface area contributed by atoms with Crippen molar-refractivity contribution in [3.63, 3.8) is 0 Å². The van der Waals surface area contributed by atoms with E-state index in [4.69, 9.17) is 5.73 Å². The van der Waals surface area contributed by atoms with E-state index < -0.39 is 0 Å². The maximum atomic E-state index is 13.2. The van der Waals surface area contributed by atoms with Crippen LogP contribution in [0.15, 0.2) is 36.5 Å². The lowest BCUT2D eigenvalue weighted by atomic mass is 10.1. The summed E-state index contributed by atoms with van der Waals surface area (Å²) in [5.74, 6) is 0.306. The standard InChI is InChI=1S/C19H21N5O/c1-2-8-24-16-6-4-3-5-13(16)10-17(24)18(25)23-9-7-14-11-21-19(20)22-15(14)12-23/h3-6,10-11H,2,7-9,12H2,1H3,(H2,20,21,22). The van der Waals surface area contributed by atoms with E-state index in [1.165, 1.54) is 0 Å². The van der Waals surface area contributed by atoms with Crippen molar-refractivity contribution in [2.24, 2.45) is 0 Å². The SMILES string of the molecule is CCCn1c(C(=O)N2CCc3cnc(N)nc3C2)cc2ccccc21. The van der Waals surface area contributed by atoms with Crippen molar-refractivity contribution in [2.45, 2.75) is 32.9 Å². The minimum Gasteiger partial charge on any atom is -0.368 e. The molecule has 0 atom stereocenters. The smallest absolute Gasteiger partial charge is 0.270 e. The van der Waals surface area contributed by atoms with Gasteiger partial charge in [0.25, 0.3) is 5.91 Å². The largest absolute Gasteiger partial charge is 0.368 e. The molecule has 3 aromatic rings. The number of aryl methyl sites for hydroxylation is 1. The number of para-hydroxylation sites is 1. The van der Waals surface area contributed by atoms with Gasteiger partial charge in [0.2, 0.25) is 5.95 Å². The minimum absolute atomic E-state index is 0.0486. The van der Waals surface area contributed by atoms with E-state index in [2.05, 4.69) is 33.6 Å². The van der Waals surface area contributed by atoms with Crippen LogP contribution in [0.4, 0.5) is 5.95 Å². The number of aromatic nitrogens is 3. The van der Waals surface area contributed by atoms with Gasteiger partial charge in [0.1, 0.15) is 5.69 Å². The first-order valence-corrected chi connectivity index (χ1v) is 8.65. The molecule has 1 aromatic carbocycles. The molecule has 2 N–H and O–H groups in total. The number of carbonyl (C=O) groups is 1. The second kappa shape index (κ2) is 6.20. The molecule has 0 spiro atoms. The molecule has 0 saturated carbocycles. The predicted molar refractivity (Wildman–Crippen MR) is 97.1 cm³/mol. The van der Waals surface area contributed by atoms with E-state index in [1.807, 2.05) is 23.1 Å². The van der Waals surface area contributed by atoms with Crippen molar-refractivity contribution >= 4 is 22.8 Å². The summed E-state index contributed by atoms with van der Waals surface area (Å²) in [5, 5.41) is 1.10. The Morgan fingerprint density at radius 1 is 1.32 bits per heavy atom. The van der Waals surface area contributed by atoms with Crippen molar-refractivity contribution in [3.8, 4) is 0 Å². The molecular formula is C19H21N5O. The highest BCUT2D eigenvalue weighted by atomic mass is 16.2. The Labute approximate surface area is 146 Å². The van der Waals surface area contributed by atoms with Gasteiger partial charge >= 0.3 is 0 Å². The Morgan fingerprint density at radius 2 is 2.16 bits per heavy atom. The molecule has 1 aliphatic rings. The highest BCUT2D eigenvalue weighted by molar-refractivity contribution is 5.98. The van der Waals surface area contributed by atoms with Gasteiger partial charge in [-0.15, -0.1) is 0 Å². The molecule has 25 heavy (non-hydrogen) atoms. The Bertz CT molecular complexity index is 946. The molecule has 0 radical (unpaired) electrons. The Morgan fingerprint density at radius 3 is 3.00 bits per heavy atom. The number of nitrogens with zero attached hydrogens (tertiary/aromatic N) is 4. The number of anilines is 1. The van der Waals surface area contributed by atoms with Crippen molar-refractivity contribution in [1.29, 1.82) is 0 Å². The number of nitrogens with two attached hydrogens (primary N) is 1. The second-order valence-corrected chi connectivity index (χ2v) is 6.42. The maximum Gasteiger partial charge on any atom is 0.270 e.